The minimum absolute atomic E-state index is 0.164. The Kier molecular flexibility index (Phi) is 4.24. The molecule has 1 unspecified atom stereocenters. The monoisotopic (exact) mass is 318 g/mol. The molecule has 3 amide bonds. The summed E-state index contributed by atoms with van der Waals surface area (Å²) in [5.41, 5.74) is -0.539. The fourth-order valence-electron chi connectivity index (χ4n) is 3.68. The minimum Gasteiger partial charge on any atom is -0.467 e. The van der Waals surface area contributed by atoms with Crippen LogP contribution in [0, 0.1) is 5.41 Å². The molecule has 2 heterocycles. The van der Waals surface area contributed by atoms with Gasteiger partial charge >= 0.3 is 0 Å². The van der Waals surface area contributed by atoms with Gasteiger partial charge in [-0.2, -0.15) is 0 Å². The van der Waals surface area contributed by atoms with Crippen molar-refractivity contribution in [2.24, 2.45) is 5.41 Å². The van der Waals surface area contributed by atoms with Crippen molar-refractivity contribution in [3.63, 3.8) is 0 Å². The van der Waals surface area contributed by atoms with Crippen LogP contribution in [-0.4, -0.2) is 29.2 Å². The summed E-state index contributed by atoms with van der Waals surface area (Å²) in [6, 6.07) is 3.22. The number of hydrogen-bond donors (Lipinski definition) is 1. The molecule has 1 aliphatic heterocycles. The van der Waals surface area contributed by atoms with E-state index in [1.807, 2.05) is 0 Å². The molecule has 1 atom stereocenters. The van der Waals surface area contributed by atoms with E-state index in [1.165, 1.54) is 0 Å². The van der Waals surface area contributed by atoms with Crippen molar-refractivity contribution < 1.29 is 18.8 Å². The van der Waals surface area contributed by atoms with Gasteiger partial charge in [0.1, 0.15) is 12.3 Å². The molecular formula is C17H22N2O4. The smallest absolute Gasteiger partial charge is 0.240 e. The molecule has 1 saturated heterocycles. The Hall–Kier alpha value is -2.11. The van der Waals surface area contributed by atoms with Crippen LogP contribution in [0.15, 0.2) is 22.8 Å². The molecule has 23 heavy (non-hydrogen) atoms. The first kappa shape index (κ1) is 15.8. The molecule has 1 aromatic rings. The van der Waals surface area contributed by atoms with E-state index in [1.54, 1.807) is 25.3 Å². The summed E-state index contributed by atoms with van der Waals surface area (Å²) < 4.78 is 5.24. The van der Waals surface area contributed by atoms with Crippen LogP contribution >= 0.6 is 0 Å². The number of hydrogen-bond acceptors (Lipinski definition) is 4. The molecule has 0 aromatic carbocycles. The Bertz CT molecular complexity index is 602. The van der Waals surface area contributed by atoms with E-state index in [0.717, 1.165) is 37.0 Å². The van der Waals surface area contributed by atoms with Gasteiger partial charge in [-0.05, 0) is 31.9 Å². The van der Waals surface area contributed by atoms with E-state index >= 15 is 0 Å². The number of likely N-dealkylation sites (tertiary alicyclic amines) is 1. The van der Waals surface area contributed by atoms with Crippen molar-refractivity contribution >= 4 is 17.7 Å². The van der Waals surface area contributed by atoms with Crippen LogP contribution < -0.4 is 5.32 Å². The van der Waals surface area contributed by atoms with Crippen molar-refractivity contribution in [2.45, 2.75) is 51.5 Å². The number of carbonyl (C=O) groups excluding carboxylic acids is 3. The number of rotatable bonds is 4. The zero-order chi connectivity index (χ0) is 16.4. The normalized spacial score (nSPS) is 21.7. The summed E-state index contributed by atoms with van der Waals surface area (Å²) in [7, 11) is 0. The summed E-state index contributed by atoms with van der Waals surface area (Å²) in [5, 5.41) is 2.76. The highest BCUT2D eigenvalue weighted by Crippen LogP contribution is 2.45. The van der Waals surface area contributed by atoms with Gasteiger partial charge in [0.25, 0.3) is 0 Å². The molecule has 2 aliphatic rings. The zero-order valence-corrected chi connectivity index (χ0v) is 13.3. The highest BCUT2D eigenvalue weighted by atomic mass is 16.3. The lowest BCUT2D eigenvalue weighted by molar-refractivity contribution is -0.145. The standard InChI is InChI=1S/C17H22N2O4/c1-12(13-6-5-9-23-13)18-14(20)11-19-15(21)10-17(16(19)22)7-3-2-4-8-17/h5-6,9,12H,2-4,7-8,10-11H2,1H3,(H,18,20). The average molecular weight is 318 g/mol. The van der Waals surface area contributed by atoms with Crippen molar-refractivity contribution in [3.05, 3.63) is 24.2 Å². The number of carbonyl (C=O) groups is 3. The average Bonchev–Trinajstić information content (AvgIpc) is 3.13. The largest absolute Gasteiger partial charge is 0.467 e. The predicted molar refractivity (Wildman–Crippen MR) is 82.1 cm³/mol. The van der Waals surface area contributed by atoms with Crippen molar-refractivity contribution in [1.29, 1.82) is 0 Å². The zero-order valence-electron chi connectivity index (χ0n) is 13.3. The van der Waals surface area contributed by atoms with E-state index in [4.69, 9.17) is 4.42 Å². The van der Waals surface area contributed by atoms with Crippen molar-refractivity contribution in [2.75, 3.05) is 6.54 Å². The van der Waals surface area contributed by atoms with Crippen LogP contribution in [-0.2, 0) is 14.4 Å². The van der Waals surface area contributed by atoms with Gasteiger partial charge in [0.2, 0.25) is 17.7 Å². The highest BCUT2D eigenvalue weighted by molar-refractivity contribution is 6.08. The third-order valence-corrected chi connectivity index (χ3v) is 4.95. The maximum Gasteiger partial charge on any atom is 0.240 e. The number of furan rings is 1. The lowest BCUT2D eigenvalue weighted by Crippen LogP contribution is -2.43. The number of imide groups is 1. The molecule has 124 valence electrons. The van der Waals surface area contributed by atoms with Crippen LogP contribution in [0.25, 0.3) is 0 Å². The number of amides is 3. The predicted octanol–water partition coefficient (Wildman–Crippen LogP) is 2.17. The fourth-order valence-corrected chi connectivity index (χ4v) is 3.68. The SMILES string of the molecule is CC(NC(=O)CN1C(=O)CC2(CCCCC2)C1=O)c1ccco1. The summed E-state index contributed by atoms with van der Waals surface area (Å²) >= 11 is 0. The molecule has 3 rings (SSSR count). The molecule has 1 N–H and O–H groups in total. The maximum atomic E-state index is 12.6. The Morgan fingerprint density at radius 3 is 2.74 bits per heavy atom. The molecule has 2 fully saturated rings. The fraction of sp³-hybridized carbons (Fsp3) is 0.588. The van der Waals surface area contributed by atoms with E-state index in [9.17, 15) is 14.4 Å². The second-order valence-electron chi connectivity index (χ2n) is 6.61. The van der Waals surface area contributed by atoms with Gasteiger partial charge in [-0.1, -0.05) is 19.3 Å². The summed E-state index contributed by atoms with van der Waals surface area (Å²) in [6.45, 7) is 1.59. The first-order chi connectivity index (χ1) is 11.0. The molecule has 1 saturated carbocycles. The molecule has 6 nitrogen and oxygen atoms in total. The lowest BCUT2D eigenvalue weighted by Gasteiger charge is -2.30. The Morgan fingerprint density at radius 1 is 1.35 bits per heavy atom. The van der Waals surface area contributed by atoms with E-state index in [2.05, 4.69) is 5.32 Å². The first-order valence-electron chi connectivity index (χ1n) is 8.19. The van der Waals surface area contributed by atoms with Crippen molar-refractivity contribution in [3.8, 4) is 0 Å². The van der Waals surface area contributed by atoms with Crippen LogP contribution in [0.4, 0.5) is 0 Å². The molecule has 1 aromatic heterocycles. The Balaban J connectivity index is 1.62. The lowest BCUT2D eigenvalue weighted by atomic mass is 9.73. The topological polar surface area (TPSA) is 79.6 Å². The molecule has 0 bridgehead atoms. The molecule has 1 aliphatic carbocycles. The Morgan fingerprint density at radius 2 is 2.09 bits per heavy atom. The van der Waals surface area contributed by atoms with Gasteiger partial charge in [0, 0.05) is 6.42 Å². The van der Waals surface area contributed by atoms with Crippen molar-refractivity contribution in [1.82, 2.24) is 10.2 Å². The highest BCUT2D eigenvalue weighted by Gasteiger charge is 2.51. The maximum absolute atomic E-state index is 12.6. The van der Waals surface area contributed by atoms with Gasteiger partial charge in [-0.15, -0.1) is 0 Å². The van der Waals surface area contributed by atoms with Crippen LogP contribution in [0.3, 0.4) is 0 Å². The van der Waals surface area contributed by atoms with Crippen LogP contribution in [0.5, 0.6) is 0 Å². The van der Waals surface area contributed by atoms with Gasteiger partial charge in [-0.25, -0.2) is 0 Å². The number of nitrogens with zero attached hydrogens (tertiary/aromatic N) is 1. The Labute approximate surface area is 135 Å². The molecule has 6 heteroatoms. The number of nitrogens with one attached hydrogen (secondary N) is 1. The second-order valence-corrected chi connectivity index (χ2v) is 6.61. The summed E-state index contributed by atoms with van der Waals surface area (Å²) in [4.78, 5) is 38.2. The van der Waals surface area contributed by atoms with Gasteiger partial charge in [-0.3, -0.25) is 19.3 Å². The first-order valence-corrected chi connectivity index (χ1v) is 8.19. The molecule has 1 spiro atoms. The third kappa shape index (κ3) is 3.02. The van der Waals surface area contributed by atoms with Gasteiger partial charge < -0.3 is 9.73 Å². The summed E-state index contributed by atoms with van der Waals surface area (Å²) in [5.74, 6) is -0.0923. The molecule has 0 radical (unpaired) electrons. The minimum atomic E-state index is -0.539. The van der Waals surface area contributed by atoms with Crippen LogP contribution in [0.2, 0.25) is 0 Å². The van der Waals surface area contributed by atoms with E-state index in [-0.39, 0.29) is 36.7 Å². The van der Waals surface area contributed by atoms with Gasteiger partial charge in [0.05, 0.1) is 17.7 Å². The van der Waals surface area contributed by atoms with Gasteiger partial charge in [0.15, 0.2) is 0 Å². The summed E-state index contributed by atoms with van der Waals surface area (Å²) in [6.07, 6.45) is 6.40. The van der Waals surface area contributed by atoms with E-state index in [0.29, 0.717) is 5.76 Å². The quantitative estimate of drug-likeness (QED) is 0.863. The van der Waals surface area contributed by atoms with Crippen LogP contribution in [0.1, 0.15) is 57.3 Å². The van der Waals surface area contributed by atoms with E-state index < -0.39 is 5.41 Å². The second kappa shape index (κ2) is 6.18. The third-order valence-electron chi connectivity index (χ3n) is 4.95. The molecular weight excluding hydrogens is 296 g/mol.